The lowest BCUT2D eigenvalue weighted by molar-refractivity contribution is -0.253. The van der Waals surface area contributed by atoms with Crippen LogP contribution in [-0.4, -0.2) is 30.9 Å². The Morgan fingerprint density at radius 1 is 0.949 bits per heavy atom. The lowest BCUT2D eigenvalue weighted by Gasteiger charge is -2.39. The fraction of sp³-hybridized carbons (Fsp3) is 0.286. The molecule has 0 bridgehead atoms. The molecule has 0 saturated heterocycles. The summed E-state index contributed by atoms with van der Waals surface area (Å²) in [5, 5.41) is 5.51. The molecule has 39 heavy (non-hydrogen) atoms. The molecule has 1 fully saturated rings. The fourth-order valence-electron chi connectivity index (χ4n) is 4.57. The van der Waals surface area contributed by atoms with Crippen molar-refractivity contribution in [1.82, 2.24) is 10.6 Å². The molecule has 206 valence electrons. The normalized spacial score (nSPS) is 18.5. The molecule has 1 aliphatic carbocycles. The maximum Gasteiger partial charge on any atom is 0.461 e. The van der Waals surface area contributed by atoms with Gasteiger partial charge >= 0.3 is 18.6 Å². The molecule has 1 aliphatic rings. The van der Waals surface area contributed by atoms with Crippen molar-refractivity contribution in [3.8, 4) is 5.75 Å². The summed E-state index contributed by atoms with van der Waals surface area (Å²) in [5.41, 5.74) is -0.948. The van der Waals surface area contributed by atoms with E-state index in [1.165, 1.54) is 12.1 Å². The van der Waals surface area contributed by atoms with Crippen LogP contribution in [-0.2, 0) is 16.8 Å². The quantitative estimate of drug-likeness (QED) is 0.242. The molecule has 0 spiro atoms. The van der Waals surface area contributed by atoms with Crippen molar-refractivity contribution < 1.29 is 40.7 Å². The first-order valence-corrected chi connectivity index (χ1v) is 12.0. The van der Waals surface area contributed by atoms with Crippen LogP contribution in [0.3, 0.4) is 0 Å². The van der Waals surface area contributed by atoms with Crippen LogP contribution in [0.15, 0.2) is 72.8 Å². The third kappa shape index (κ3) is 6.52. The Labute approximate surface area is 220 Å². The SMILES string of the molecule is O=C[C@H]1C[C@H](NC(=O)N[C@](Cc2ccccc2)(c2ccc(F)cc2)c2cc(F)cc(OC(F)(F)C(F)F)c2)C1. The third-order valence-corrected chi connectivity index (χ3v) is 6.55. The summed E-state index contributed by atoms with van der Waals surface area (Å²) in [6, 6.07) is 14.8. The number of hydrogen-bond acceptors (Lipinski definition) is 3. The molecule has 1 saturated carbocycles. The molecule has 0 radical (unpaired) electrons. The molecule has 4 rings (SSSR count). The van der Waals surface area contributed by atoms with Crippen LogP contribution in [0.2, 0.25) is 0 Å². The standard InChI is InChI=1S/C28H24F6N2O3/c29-21-8-6-19(7-9-21)27(15-17-4-2-1-3-5-17,36-26(38)35-23-10-18(11-23)16-37)20-12-22(30)14-24(13-20)39-28(33,34)25(31)32/h1-9,12-14,16,18,23,25H,10-11,15H2,(H2,35,36,38)/t18-,23-,27-/m1/s1. The minimum absolute atomic E-state index is 0.0668. The summed E-state index contributed by atoms with van der Waals surface area (Å²) in [5.74, 6) is -2.79. The topological polar surface area (TPSA) is 67.4 Å². The number of amides is 2. The van der Waals surface area contributed by atoms with Gasteiger partial charge in [0.1, 0.15) is 23.7 Å². The molecule has 2 N–H and O–H groups in total. The molecule has 11 heteroatoms. The number of aldehydes is 1. The number of rotatable bonds is 10. The predicted octanol–water partition coefficient (Wildman–Crippen LogP) is 5.96. The third-order valence-electron chi connectivity index (χ3n) is 6.55. The van der Waals surface area contributed by atoms with E-state index >= 15 is 0 Å². The zero-order valence-electron chi connectivity index (χ0n) is 20.4. The minimum atomic E-state index is -4.91. The molecule has 0 aliphatic heterocycles. The number of carbonyl (C=O) groups is 2. The van der Waals surface area contributed by atoms with Gasteiger partial charge in [-0.05, 0) is 53.8 Å². The van der Waals surface area contributed by atoms with Gasteiger partial charge in [-0.3, -0.25) is 0 Å². The van der Waals surface area contributed by atoms with Crippen LogP contribution in [0.25, 0.3) is 0 Å². The summed E-state index contributed by atoms with van der Waals surface area (Å²) in [6.45, 7) is 0. The van der Waals surface area contributed by atoms with E-state index in [9.17, 15) is 35.9 Å². The molecule has 3 aromatic rings. The average Bonchev–Trinajstić information content (AvgIpc) is 2.86. The van der Waals surface area contributed by atoms with E-state index in [-0.39, 0.29) is 29.5 Å². The van der Waals surface area contributed by atoms with Gasteiger partial charge in [-0.15, -0.1) is 0 Å². The highest BCUT2D eigenvalue weighted by atomic mass is 19.3. The summed E-state index contributed by atoms with van der Waals surface area (Å²) in [4.78, 5) is 24.2. The van der Waals surface area contributed by atoms with E-state index in [1.807, 2.05) is 0 Å². The van der Waals surface area contributed by atoms with E-state index in [2.05, 4.69) is 15.4 Å². The molecule has 2 amide bonds. The van der Waals surface area contributed by atoms with Crippen LogP contribution < -0.4 is 15.4 Å². The lowest BCUT2D eigenvalue weighted by Crippen LogP contribution is -2.56. The van der Waals surface area contributed by atoms with Gasteiger partial charge < -0.3 is 20.2 Å². The Hall–Kier alpha value is -4.02. The molecule has 0 unspecified atom stereocenters. The van der Waals surface area contributed by atoms with Gasteiger partial charge in [-0.1, -0.05) is 42.5 Å². The number of hydrogen-bond donors (Lipinski definition) is 2. The highest BCUT2D eigenvalue weighted by Crippen LogP contribution is 2.38. The molecule has 3 aromatic carbocycles. The Morgan fingerprint density at radius 2 is 1.62 bits per heavy atom. The first-order valence-electron chi connectivity index (χ1n) is 12.0. The number of benzene rings is 3. The predicted molar refractivity (Wildman–Crippen MR) is 130 cm³/mol. The Balaban J connectivity index is 1.83. The second kappa shape index (κ2) is 11.4. The molecular formula is C28H24F6N2O3. The van der Waals surface area contributed by atoms with E-state index in [1.54, 1.807) is 30.3 Å². The highest BCUT2D eigenvalue weighted by molar-refractivity contribution is 5.77. The van der Waals surface area contributed by atoms with E-state index in [0.717, 1.165) is 30.6 Å². The Kier molecular flexibility index (Phi) is 8.17. The number of alkyl halides is 4. The van der Waals surface area contributed by atoms with Crippen LogP contribution in [0.4, 0.5) is 31.1 Å². The first-order chi connectivity index (χ1) is 18.5. The molecule has 0 heterocycles. The van der Waals surface area contributed by atoms with E-state index in [0.29, 0.717) is 24.5 Å². The molecule has 0 aromatic heterocycles. The van der Waals surface area contributed by atoms with Crippen LogP contribution in [0, 0.1) is 17.6 Å². The number of carbonyl (C=O) groups excluding carboxylic acids is 2. The van der Waals surface area contributed by atoms with Crippen LogP contribution >= 0.6 is 0 Å². The highest BCUT2D eigenvalue weighted by Gasteiger charge is 2.45. The average molecular weight is 550 g/mol. The summed E-state index contributed by atoms with van der Waals surface area (Å²) >= 11 is 0. The number of urea groups is 1. The number of ether oxygens (including phenoxy) is 1. The lowest BCUT2D eigenvalue weighted by atomic mass is 9.77. The summed E-state index contributed by atoms with van der Waals surface area (Å²) in [7, 11) is 0. The van der Waals surface area contributed by atoms with Gasteiger partial charge in [0.05, 0.1) is 5.54 Å². The maximum atomic E-state index is 14.8. The van der Waals surface area contributed by atoms with Crippen molar-refractivity contribution in [2.24, 2.45) is 5.92 Å². The Morgan fingerprint density at radius 3 is 2.23 bits per heavy atom. The second-order valence-corrected chi connectivity index (χ2v) is 9.38. The zero-order chi connectivity index (χ0) is 28.2. The van der Waals surface area contributed by atoms with Gasteiger partial charge in [0.25, 0.3) is 0 Å². The monoisotopic (exact) mass is 550 g/mol. The number of halogens is 6. The first kappa shape index (κ1) is 28.0. The smallest absolute Gasteiger partial charge is 0.428 e. The van der Waals surface area contributed by atoms with Crippen molar-refractivity contribution in [2.75, 3.05) is 0 Å². The van der Waals surface area contributed by atoms with Crippen molar-refractivity contribution in [3.63, 3.8) is 0 Å². The van der Waals surface area contributed by atoms with Gasteiger partial charge in [-0.25, -0.2) is 13.6 Å². The van der Waals surface area contributed by atoms with Gasteiger partial charge in [0.2, 0.25) is 0 Å². The molecule has 1 atom stereocenters. The summed E-state index contributed by atoms with van der Waals surface area (Å²) in [6.07, 6.45) is -7.54. The van der Waals surface area contributed by atoms with Crippen molar-refractivity contribution in [3.05, 3.63) is 101 Å². The van der Waals surface area contributed by atoms with Gasteiger partial charge in [0, 0.05) is 24.4 Å². The molecular weight excluding hydrogens is 526 g/mol. The maximum absolute atomic E-state index is 14.8. The van der Waals surface area contributed by atoms with Crippen LogP contribution in [0.5, 0.6) is 5.75 Å². The largest absolute Gasteiger partial charge is 0.461 e. The second-order valence-electron chi connectivity index (χ2n) is 9.38. The van der Waals surface area contributed by atoms with Crippen molar-refractivity contribution >= 4 is 12.3 Å². The number of nitrogens with one attached hydrogen (secondary N) is 2. The minimum Gasteiger partial charge on any atom is -0.428 e. The summed E-state index contributed by atoms with van der Waals surface area (Å²) < 4.78 is 85.9. The van der Waals surface area contributed by atoms with E-state index in [4.69, 9.17) is 0 Å². The molecule has 5 nitrogen and oxygen atoms in total. The van der Waals surface area contributed by atoms with Crippen molar-refractivity contribution in [2.45, 2.75) is 43.4 Å². The Bertz CT molecular complexity index is 1300. The van der Waals surface area contributed by atoms with Gasteiger partial charge in [0.15, 0.2) is 0 Å². The fourth-order valence-corrected chi connectivity index (χ4v) is 4.57. The van der Waals surface area contributed by atoms with Crippen LogP contribution in [0.1, 0.15) is 29.5 Å². The van der Waals surface area contributed by atoms with Gasteiger partial charge in [-0.2, -0.15) is 17.6 Å². The zero-order valence-corrected chi connectivity index (χ0v) is 20.4. The van der Waals surface area contributed by atoms with E-state index < -0.39 is 41.5 Å². The van der Waals surface area contributed by atoms with Crippen molar-refractivity contribution in [1.29, 1.82) is 0 Å².